The van der Waals surface area contributed by atoms with Gasteiger partial charge in [0.25, 0.3) is 0 Å². The molecule has 0 aromatic rings. The first-order valence-electron chi connectivity index (χ1n) is 2.70. The van der Waals surface area contributed by atoms with Crippen LogP contribution in [0.3, 0.4) is 0 Å². The maximum absolute atomic E-state index is 7.80. The largest absolute Gasteiger partial charge is 0.380 e. The van der Waals surface area contributed by atoms with Gasteiger partial charge in [-0.1, -0.05) is 5.11 Å². The van der Waals surface area contributed by atoms with E-state index in [0.29, 0.717) is 26.3 Å². The molecular weight excluding hydrogens is 156 g/mol. The van der Waals surface area contributed by atoms with Crippen LogP contribution in [0.5, 0.6) is 0 Å². The van der Waals surface area contributed by atoms with Gasteiger partial charge in [-0.2, -0.15) is 0 Å². The molecule has 0 saturated carbocycles. The van der Waals surface area contributed by atoms with Crippen molar-refractivity contribution in [2.75, 3.05) is 26.3 Å². The van der Waals surface area contributed by atoms with Gasteiger partial charge in [-0.25, -0.2) is 0 Å². The van der Waals surface area contributed by atoms with E-state index in [2.05, 4.69) is 10.0 Å². The molecule has 0 fully saturated rings. The van der Waals surface area contributed by atoms with E-state index in [9.17, 15) is 0 Å². The lowest BCUT2D eigenvalue weighted by Crippen LogP contribution is -2.09. The molecule has 2 N–H and O–H groups in total. The van der Waals surface area contributed by atoms with Gasteiger partial charge in [0.15, 0.2) is 0 Å². The molecule has 0 radical (unpaired) electrons. The van der Waals surface area contributed by atoms with Crippen LogP contribution in [-0.2, 0) is 4.74 Å². The molecule has 0 bridgehead atoms. The molecule has 0 heterocycles. The summed E-state index contributed by atoms with van der Waals surface area (Å²) in [6.07, 6.45) is 0. The molecule has 0 aromatic carbocycles. The highest BCUT2D eigenvalue weighted by Crippen LogP contribution is 1.74. The maximum Gasteiger partial charge on any atom is 0.0588 e. The van der Waals surface area contributed by atoms with Crippen LogP contribution >= 0.6 is 12.4 Å². The summed E-state index contributed by atoms with van der Waals surface area (Å²) in [6, 6.07) is 0. The molecule has 5 nitrogen and oxygen atoms in total. The Morgan fingerprint density at radius 2 is 2.20 bits per heavy atom. The van der Waals surface area contributed by atoms with Gasteiger partial charge < -0.3 is 10.5 Å². The van der Waals surface area contributed by atoms with E-state index in [4.69, 9.17) is 16.0 Å². The van der Waals surface area contributed by atoms with Crippen molar-refractivity contribution in [1.29, 1.82) is 0 Å². The van der Waals surface area contributed by atoms with Gasteiger partial charge in [-0.15, -0.1) is 12.4 Å². The third-order valence-electron chi connectivity index (χ3n) is 0.661. The van der Waals surface area contributed by atoms with Gasteiger partial charge >= 0.3 is 0 Å². The molecule has 0 atom stereocenters. The molecular formula is C4H11ClN4O. The van der Waals surface area contributed by atoms with Gasteiger partial charge in [0.2, 0.25) is 0 Å². The van der Waals surface area contributed by atoms with Crippen molar-refractivity contribution in [3.05, 3.63) is 10.4 Å². The molecule has 0 aliphatic carbocycles. The lowest BCUT2D eigenvalue weighted by molar-refractivity contribution is 0.149. The topological polar surface area (TPSA) is 84.0 Å². The number of nitrogens with zero attached hydrogens (tertiary/aromatic N) is 3. The number of azide groups is 1. The Morgan fingerprint density at radius 1 is 1.50 bits per heavy atom. The molecule has 0 spiro atoms. The zero-order valence-electron chi connectivity index (χ0n) is 5.56. The van der Waals surface area contributed by atoms with Crippen LogP contribution in [0.25, 0.3) is 10.4 Å². The fourth-order valence-corrected chi connectivity index (χ4v) is 0.335. The minimum atomic E-state index is 0. The fourth-order valence-electron chi connectivity index (χ4n) is 0.335. The Hall–Kier alpha value is -0.480. The van der Waals surface area contributed by atoms with Crippen LogP contribution in [0.4, 0.5) is 0 Å². The van der Waals surface area contributed by atoms with Gasteiger partial charge in [0, 0.05) is 18.0 Å². The van der Waals surface area contributed by atoms with Crippen molar-refractivity contribution in [2.24, 2.45) is 10.8 Å². The van der Waals surface area contributed by atoms with E-state index in [-0.39, 0.29) is 12.4 Å². The zero-order valence-corrected chi connectivity index (χ0v) is 6.38. The summed E-state index contributed by atoms with van der Waals surface area (Å²) in [4.78, 5) is 2.55. The van der Waals surface area contributed by atoms with Gasteiger partial charge in [0.05, 0.1) is 13.2 Å². The van der Waals surface area contributed by atoms with Crippen LogP contribution in [-0.4, -0.2) is 26.3 Å². The number of hydrogen-bond donors (Lipinski definition) is 1. The first-order chi connectivity index (χ1) is 4.41. The van der Waals surface area contributed by atoms with Gasteiger partial charge in [-0.05, 0) is 5.53 Å². The average Bonchev–Trinajstić information content (AvgIpc) is 1.89. The van der Waals surface area contributed by atoms with E-state index in [1.54, 1.807) is 0 Å². The van der Waals surface area contributed by atoms with Crippen LogP contribution < -0.4 is 5.73 Å². The second-order valence-electron chi connectivity index (χ2n) is 1.36. The smallest absolute Gasteiger partial charge is 0.0588 e. The molecule has 0 aromatic heterocycles. The predicted molar refractivity (Wildman–Crippen MR) is 41.1 cm³/mol. The lowest BCUT2D eigenvalue weighted by Gasteiger charge is -1.95. The third-order valence-corrected chi connectivity index (χ3v) is 0.661. The van der Waals surface area contributed by atoms with E-state index in [1.807, 2.05) is 0 Å². The Kier molecular flexibility index (Phi) is 13.9. The van der Waals surface area contributed by atoms with Crippen LogP contribution in [0.2, 0.25) is 0 Å². The first kappa shape index (κ1) is 12.2. The van der Waals surface area contributed by atoms with E-state index in [0.717, 1.165) is 0 Å². The monoisotopic (exact) mass is 166 g/mol. The molecule has 0 rings (SSSR count). The van der Waals surface area contributed by atoms with E-state index >= 15 is 0 Å². The quantitative estimate of drug-likeness (QED) is 0.282. The highest BCUT2D eigenvalue weighted by Gasteiger charge is 1.81. The molecule has 10 heavy (non-hydrogen) atoms. The molecule has 0 unspecified atom stereocenters. The summed E-state index contributed by atoms with van der Waals surface area (Å²) in [5.41, 5.74) is 12.9. The molecule has 0 aliphatic heterocycles. The molecule has 0 amide bonds. The first-order valence-corrected chi connectivity index (χ1v) is 2.70. The van der Waals surface area contributed by atoms with Crippen molar-refractivity contribution in [2.45, 2.75) is 0 Å². The summed E-state index contributed by atoms with van der Waals surface area (Å²) in [5, 5.41) is 3.26. The Morgan fingerprint density at radius 3 is 2.70 bits per heavy atom. The Labute approximate surface area is 65.6 Å². The minimum absolute atomic E-state index is 0. The second-order valence-corrected chi connectivity index (χ2v) is 1.36. The van der Waals surface area contributed by atoms with Gasteiger partial charge in [0.1, 0.15) is 0 Å². The number of halogens is 1. The molecule has 60 valence electrons. The normalized spacial score (nSPS) is 7.70. The van der Waals surface area contributed by atoms with Crippen molar-refractivity contribution in [3.8, 4) is 0 Å². The summed E-state index contributed by atoms with van der Waals surface area (Å²) in [5.74, 6) is 0. The average molecular weight is 167 g/mol. The summed E-state index contributed by atoms with van der Waals surface area (Å²) < 4.78 is 4.89. The van der Waals surface area contributed by atoms with Gasteiger partial charge in [-0.3, -0.25) is 0 Å². The number of ether oxygens (including phenoxy) is 1. The lowest BCUT2D eigenvalue weighted by atomic mass is 10.7. The maximum atomic E-state index is 7.80. The standard InChI is InChI=1S/C4H10N4O.ClH/c5-1-3-9-4-2-7-8-6;/h1-5H2;1H. The minimum Gasteiger partial charge on any atom is -0.380 e. The molecule has 0 saturated heterocycles. The fraction of sp³-hybridized carbons (Fsp3) is 1.00. The van der Waals surface area contributed by atoms with Crippen molar-refractivity contribution < 1.29 is 4.74 Å². The van der Waals surface area contributed by atoms with Crippen molar-refractivity contribution >= 4 is 12.4 Å². The SMILES string of the molecule is Cl.[N-]=[N+]=NCCOCCN. The molecule has 6 heteroatoms. The summed E-state index contributed by atoms with van der Waals surface area (Å²) in [6.45, 7) is 1.88. The van der Waals surface area contributed by atoms with Crippen molar-refractivity contribution in [3.63, 3.8) is 0 Å². The Balaban J connectivity index is 0. The number of rotatable bonds is 5. The summed E-state index contributed by atoms with van der Waals surface area (Å²) >= 11 is 0. The predicted octanol–water partition coefficient (Wildman–Crippen LogP) is 0.694. The second kappa shape index (κ2) is 11.3. The third kappa shape index (κ3) is 10.5. The van der Waals surface area contributed by atoms with E-state index < -0.39 is 0 Å². The summed E-state index contributed by atoms with van der Waals surface area (Å²) in [7, 11) is 0. The number of hydrogen-bond acceptors (Lipinski definition) is 3. The van der Waals surface area contributed by atoms with Crippen molar-refractivity contribution in [1.82, 2.24) is 0 Å². The van der Waals surface area contributed by atoms with E-state index in [1.165, 1.54) is 0 Å². The van der Waals surface area contributed by atoms with Crippen LogP contribution in [0, 0.1) is 0 Å². The van der Waals surface area contributed by atoms with Crippen LogP contribution in [0.1, 0.15) is 0 Å². The Bertz CT molecular complexity index is 103. The molecule has 0 aliphatic rings. The highest BCUT2D eigenvalue weighted by atomic mass is 35.5. The van der Waals surface area contributed by atoms with Crippen LogP contribution in [0.15, 0.2) is 5.11 Å². The highest BCUT2D eigenvalue weighted by molar-refractivity contribution is 5.85. The number of nitrogens with two attached hydrogens (primary N) is 1. The zero-order chi connectivity index (χ0) is 6.95.